The topological polar surface area (TPSA) is 102 Å². The van der Waals surface area contributed by atoms with Crippen molar-refractivity contribution in [1.29, 1.82) is 0 Å². The lowest BCUT2D eigenvalue weighted by Gasteiger charge is -2.34. The molecule has 0 fully saturated rings. The van der Waals surface area contributed by atoms with E-state index in [1.54, 1.807) is 21.1 Å². The molecule has 0 saturated carbocycles. The summed E-state index contributed by atoms with van der Waals surface area (Å²) in [6.45, 7) is 4.56. The number of hydrogen-bond acceptors (Lipinski definition) is 7. The van der Waals surface area contributed by atoms with E-state index in [1.165, 1.54) is 128 Å². The van der Waals surface area contributed by atoms with E-state index in [4.69, 9.17) is 14.2 Å². The minimum atomic E-state index is -1.13. The summed E-state index contributed by atoms with van der Waals surface area (Å²) in [5.41, 5.74) is 0. The van der Waals surface area contributed by atoms with Crippen LogP contribution in [0, 0.1) is 0 Å². The van der Waals surface area contributed by atoms with Crippen LogP contribution in [0.1, 0.15) is 239 Å². The molecule has 0 bridgehead atoms. The number of esters is 2. The number of allylic oxidation sites excluding steroid dienone is 10. The van der Waals surface area contributed by atoms with Gasteiger partial charge in [0.1, 0.15) is 12.6 Å². The predicted molar refractivity (Wildman–Crippen MR) is 277 cm³/mol. The van der Waals surface area contributed by atoms with Crippen molar-refractivity contribution in [2.45, 2.75) is 251 Å². The van der Waals surface area contributed by atoms with Crippen LogP contribution in [0.25, 0.3) is 0 Å². The minimum absolute atomic E-state index is 0.0332. The maximum absolute atomic E-state index is 12.8. The molecule has 8 heteroatoms. The Bertz CT molecular complexity index is 1260. The summed E-state index contributed by atoms with van der Waals surface area (Å²) >= 11 is 0. The molecule has 0 aliphatic rings. The van der Waals surface area contributed by atoms with Crippen LogP contribution in [-0.4, -0.2) is 75.5 Å². The van der Waals surface area contributed by atoms with Crippen molar-refractivity contribution in [2.24, 2.45) is 0 Å². The van der Waals surface area contributed by atoms with Crippen LogP contribution < -0.4 is 5.11 Å². The van der Waals surface area contributed by atoms with Gasteiger partial charge in [-0.25, -0.2) is 0 Å². The summed E-state index contributed by atoms with van der Waals surface area (Å²) in [5.74, 6) is -1.75. The lowest BCUT2D eigenvalue weighted by Crippen LogP contribution is -2.55. The predicted octanol–water partition coefficient (Wildman–Crippen LogP) is 14.8. The first kappa shape index (κ1) is 63.0. The van der Waals surface area contributed by atoms with Crippen molar-refractivity contribution < 1.29 is 38.2 Å². The second kappa shape index (κ2) is 48.5. The van der Waals surface area contributed by atoms with E-state index in [0.717, 1.165) is 77.0 Å². The molecule has 382 valence electrons. The van der Waals surface area contributed by atoms with Crippen LogP contribution in [0.15, 0.2) is 60.8 Å². The maximum Gasteiger partial charge on any atom is 0.306 e. The smallest absolute Gasteiger partial charge is 0.306 e. The quantitative estimate of drug-likeness (QED) is 0.0259. The van der Waals surface area contributed by atoms with Gasteiger partial charge < -0.3 is 28.6 Å². The number of rotatable bonds is 49. The van der Waals surface area contributed by atoms with Crippen LogP contribution >= 0.6 is 0 Å². The first-order chi connectivity index (χ1) is 32.1. The Labute approximate surface area is 407 Å². The number of aliphatic carboxylic acids is 1. The van der Waals surface area contributed by atoms with Gasteiger partial charge in [0.05, 0.1) is 40.3 Å². The lowest BCUT2D eigenvalue weighted by atomic mass is 10.0. The molecular weight excluding hydrogens is 823 g/mol. The van der Waals surface area contributed by atoms with Gasteiger partial charge in [-0.05, 0) is 77.0 Å². The summed E-state index contributed by atoms with van der Waals surface area (Å²) in [6, 6.07) is -0.732. The number of carboxylic acids is 1. The maximum atomic E-state index is 12.8. The number of carboxylic acid groups (broad SMARTS) is 1. The summed E-state index contributed by atoms with van der Waals surface area (Å²) < 4.78 is 17.3. The number of likely N-dealkylation sites (N-methyl/N-ethyl adjacent to an activating group) is 1. The Balaban J connectivity index is 4.23. The van der Waals surface area contributed by atoms with Gasteiger partial charge in [-0.3, -0.25) is 9.59 Å². The van der Waals surface area contributed by atoms with Crippen molar-refractivity contribution in [3.8, 4) is 0 Å². The molecule has 0 N–H and O–H groups in total. The zero-order chi connectivity index (χ0) is 48.4. The standard InChI is InChI=1S/C58H103NO7/c1-6-8-10-12-14-16-18-20-22-24-26-27-28-29-31-33-35-37-39-41-43-45-47-49-57(61)66-54(52-64-51-50-55(58(62)63)59(3,4)5)53-65-56(60)48-46-44-42-40-38-36-34-32-30-25-23-21-19-17-15-13-11-9-7-2/h9,11,15,17,21,23,29-32,54-55H,6-8,10,12-14,16,18-20,22,24-28,33-53H2,1-5H3/b11-9+,17-15+,23-21+,31-29+,32-30+. The van der Waals surface area contributed by atoms with Gasteiger partial charge in [0.25, 0.3) is 0 Å². The van der Waals surface area contributed by atoms with Crippen molar-refractivity contribution >= 4 is 17.9 Å². The van der Waals surface area contributed by atoms with Crippen molar-refractivity contribution in [1.82, 2.24) is 0 Å². The second-order valence-corrected chi connectivity index (χ2v) is 19.4. The molecule has 0 amide bonds. The number of carbonyl (C=O) groups is 3. The molecule has 0 aromatic heterocycles. The van der Waals surface area contributed by atoms with Gasteiger partial charge in [0.2, 0.25) is 0 Å². The number of unbranched alkanes of at least 4 members (excludes halogenated alkanes) is 25. The number of nitrogens with zero attached hydrogens (tertiary/aromatic N) is 1. The molecule has 0 radical (unpaired) electrons. The Morgan fingerprint density at radius 3 is 1.27 bits per heavy atom. The SMILES string of the molecule is CC/C=C/C/C=C/C/C=C/C/C=C/CCCCCCCCC(=O)OCC(COCCC(C(=O)[O-])[N+](C)(C)C)OC(=O)CCCCCCCCC/C=C/CCCCCCCCCCCCCC. The first-order valence-electron chi connectivity index (χ1n) is 27.3. The van der Waals surface area contributed by atoms with Crippen molar-refractivity contribution in [3.63, 3.8) is 0 Å². The van der Waals surface area contributed by atoms with Crippen molar-refractivity contribution in [2.75, 3.05) is 41.0 Å². The fourth-order valence-corrected chi connectivity index (χ4v) is 7.94. The molecule has 0 aliphatic heterocycles. The van der Waals surface area contributed by atoms with Crippen LogP contribution in [0.5, 0.6) is 0 Å². The second-order valence-electron chi connectivity index (χ2n) is 19.4. The van der Waals surface area contributed by atoms with Crippen LogP contribution in [0.4, 0.5) is 0 Å². The summed E-state index contributed by atoms with van der Waals surface area (Å²) in [5, 5.41) is 11.7. The molecule has 0 aliphatic carbocycles. The highest BCUT2D eigenvalue weighted by Crippen LogP contribution is 2.15. The van der Waals surface area contributed by atoms with E-state index >= 15 is 0 Å². The van der Waals surface area contributed by atoms with E-state index in [9.17, 15) is 19.5 Å². The summed E-state index contributed by atoms with van der Waals surface area (Å²) in [4.78, 5) is 37.1. The van der Waals surface area contributed by atoms with Gasteiger partial charge in [-0.1, -0.05) is 203 Å². The average Bonchev–Trinajstić information content (AvgIpc) is 3.28. The molecule has 0 aromatic carbocycles. The van der Waals surface area contributed by atoms with Crippen LogP contribution in [0.2, 0.25) is 0 Å². The first-order valence-corrected chi connectivity index (χ1v) is 27.3. The summed E-state index contributed by atoms with van der Waals surface area (Å²) in [6.07, 6.45) is 61.1. The highest BCUT2D eigenvalue weighted by Gasteiger charge is 2.25. The molecule has 66 heavy (non-hydrogen) atoms. The largest absolute Gasteiger partial charge is 0.544 e. The van der Waals surface area contributed by atoms with E-state index in [0.29, 0.717) is 12.8 Å². The van der Waals surface area contributed by atoms with Crippen LogP contribution in [0.3, 0.4) is 0 Å². The zero-order valence-electron chi connectivity index (χ0n) is 43.6. The Morgan fingerprint density at radius 2 is 0.848 bits per heavy atom. The van der Waals surface area contributed by atoms with Gasteiger partial charge >= 0.3 is 11.9 Å². The lowest BCUT2D eigenvalue weighted by molar-refractivity contribution is -0.889. The Kier molecular flexibility index (Phi) is 46.3. The number of quaternary nitrogens is 1. The molecular formula is C58H103NO7. The van der Waals surface area contributed by atoms with Gasteiger partial charge in [-0.15, -0.1) is 0 Å². The van der Waals surface area contributed by atoms with E-state index in [2.05, 4.69) is 74.6 Å². The third kappa shape index (κ3) is 46.2. The molecule has 0 heterocycles. The highest BCUT2D eigenvalue weighted by atomic mass is 16.6. The van der Waals surface area contributed by atoms with E-state index in [1.807, 2.05) is 0 Å². The molecule has 0 aromatic rings. The molecule has 0 saturated heterocycles. The normalized spacial score (nSPS) is 13.3. The molecule has 2 atom stereocenters. The fourth-order valence-electron chi connectivity index (χ4n) is 7.94. The molecule has 2 unspecified atom stereocenters. The van der Waals surface area contributed by atoms with Crippen LogP contribution in [-0.2, 0) is 28.6 Å². The monoisotopic (exact) mass is 926 g/mol. The van der Waals surface area contributed by atoms with E-state index < -0.39 is 18.1 Å². The molecule has 0 rings (SSSR count). The Morgan fingerprint density at radius 1 is 0.470 bits per heavy atom. The third-order valence-electron chi connectivity index (χ3n) is 12.1. The van der Waals surface area contributed by atoms with Crippen molar-refractivity contribution in [3.05, 3.63) is 60.8 Å². The average molecular weight is 926 g/mol. The van der Waals surface area contributed by atoms with Gasteiger partial charge in [0, 0.05) is 19.3 Å². The zero-order valence-corrected chi connectivity index (χ0v) is 43.6. The van der Waals surface area contributed by atoms with E-state index in [-0.39, 0.29) is 42.7 Å². The fraction of sp³-hybridized carbons (Fsp3) is 0.776. The van der Waals surface area contributed by atoms with Gasteiger partial charge in [-0.2, -0.15) is 0 Å². The third-order valence-corrected chi connectivity index (χ3v) is 12.1. The van der Waals surface area contributed by atoms with Gasteiger partial charge in [0.15, 0.2) is 6.10 Å². The summed E-state index contributed by atoms with van der Waals surface area (Å²) in [7, 11) is 5.41. The number of hydrogen-bond donors (Lipinski definition) is 0. The Hall–Kier alpha value is -2.97. The number of carbonyl (C=O) groups excluding carboxylic acids is 3. The minimum Gasteiger partial charge on any atom is -0.544 e. The number of ether oxygens (including phenoxy) is 3. The molecule has 0 spiro atoms. The molecule has 8 nitrogen and oxygen atoms in total. The highest BCUT2D eigenvalue weighted by molar-refractivity contribution is 5.70.